The molecule has 1 aromatic heterocycles. The molecule has 4 rings (SSSR count). The Morgan fingerprint density at radius 2 is 1.88 bits per heavy atom. The SMILES string of the molecule is CCC(=O)N1CCC(c2oc3c(C4CC4)c(O)ccc3c(=O)c2C)CC1. The highest BCUT2D eigenvalue weighted by Crippen LogP contribution is 2.47. The van der Waals surface area contributed by atoms with E-state index in [1.165, 1.54) is 0 Å². The molecule has 0 atom stereocenters. The molecule has 2 aromatic rings. The molecule has 2 heterocycles. The second-order valence-corrected chi connectivity index (χ2v) is 7.58. The fraction of sp³-hybridized carbons (Fsp3) is 0.524. The first-order valence-electron chi connectivity index (χ1n) is 9.58. The number of hydrogen-bond acceptors (Lipinski definition) is 4. The van der Waals surface area contributed by atoms with Gasteiger partial charge in [-0.25, -0.2) is 0 Å². The summed E-state index contributed by atoms with van der Waals surface area (Å²) in [6.07, 6.45) is 4.18. The maximum absolute atomic E-state index is 12.9. The molecule has 138 valence electrons. The number of phenols is 1. The highest BCUT2D eigenvalue weighted by atomic mass is 16.3. The van der Waals surface area contributed by atoms with Crippen LogP contribution in [0.15, 0.2) is 21.3 Å². The molecular weight excluding hydrogens is 330 g/mol. The molecule has 5 nitrogen and oxygen atoms in total. The topological polar surface area (TPSA) is 70.8 Å². The minimum Gasteiger partial charge on any atom is -0.508 e. The molecular formula is C21H25NO4. The Hall–Kier alpha value is -2.30. The first-order chi connectivity index (χ1) is 12.5. The summed E-state index contributed by atoms with van der Waals surface area (Å²) in [6, 6.07) is 3.28. The molecule has 1 N–H and O–H groups in total. The van der Waals surface area contributed by atoms with Gasteiger partial charge in [-0.15, -0.1) is 0 Å². The second kappa shape index (κ2) is 6.45. The van der Waals surface area contributed by atoms with Crippen LogP contribution in [0.5, 0.6) is 5.75 Å². The van der Waals surface area contributed by atoms with E-state index in [2.05, 4.69) is 0 Å². The van der Waals surface area contributed by atoms with Gasteiger partial charge in [0, 0.05) is 36.6 Å². The number of aromatic hydroxyl groups is 1. The number of carbonyl (C=O) groups excluding carboxylic acids is 1. The normalized spacial score (nSPS) is 18.5. The van der Waals surface area contributed by atoms with Gasteiger partial charge in [0.25, 0.3) is 0 Å². The van der Waals surface area contributed by atoms with Gasteiger partial charge in [-0.1, -0.05) is 6.92 Å². The van der Waals surface area contributed by atoms with Crippen LogP contribution in [-0.2, 0) is 4.79 Å². The van der Waals surface area contributed by atoms with Gasteiger partial charge in [0.05, 0.1) is 5.39 Å². The lowest BCUT2D eigenvalue weighted by Gasteiger charge is -2.32. The summed E-state index contributed by atoms with van der Waals surface area (Å²) in [4.78, 5) is 26.7. The van der Waals surface area contributed by atoms with Crippen LogP contribution in [0.25, 0.3) is 11.0 Å². The molecule has 0 bridgehead atoms. The smallest absolute Gasteiger partial charge is 0.222 e. The third-order valence-electron chi connectivity index (χ3n) is 5.85. The molecule has 1 saturated carbocycles. The number of amides is 1. The van der Waals surface area contributed by atoms with E-state index in [0.29, 0.717) is 42.0 Å². The Labute approximate surface area is 152 Å². The lowest BCUT2D eigenvalue weighted by Crippen LogP contribution is -2.37. The number of likely N-dealkylation sites (tertiary alicyclic amines) is 1. The van der Waals surface area contributed by atoms with Gasteiger partial charge in [-0.3, -0.25) is 9.59 Å². The largest absolute Gasteiger partial charge is 0.508 e. The Balaban J connectivity index is 1.74. The predicted octanol–water partition coefficient (Wildman–Crippen LogP) is 3.80. The van der Waals surface area contributed by atoms with E-state index >= 15 is 0 Å². The summed E-state index contributed by atoms with van der Waals surface area (Å²) in [5, 5.41) is 10.9. The van der Waals surface area contributed by atoms with Crippen LogP contribution in [0.2, 0.25) is 0 Å². The Morgan fingerprint density at radius 3 is 2.50 bits per heavy atom. The van der Waals surface area contributed by atoms with Crippen molar-refractivity contribution < 1.29 is 14.3 Å². The fourth-order valence-electron chi connectivity index (χ4n) is 4.15. The highest BCUT2D eigenvalue weighted by Gasteiger charge is 2.32. The van der Waals surface area contributed by atoms with Gasteiger partial charge in [0.15, 0.2) is 5.43 Å². The van der Waals surface area contributed by atoms with Gasteiger partial charge in [-0.2, -0.15) is 0 Å². The van der Waals surface area contributed by atoms with Gasteiger partial charge < -0.3 is 14.4 Å². The van der Waals surface area contributed by atoms with E-state index < -0.39 is 0 Å². The standard InChI is InChI=1S/C21H25NO4/c1-3-17(24)22-10-8-14(9-11-22)20-12(2)19(25)15-6-7-16(23)18(13-4-5-13)21(15)26-20/h6-7,13-14,23H,3-5,8-11H2,1-2H3. The summed E-state index contributed by atoms with van der Waals surface area (Å²) in [5.41, 5.74) is 2.00. The number of hydrogen-bond donors (Lipinski definition) is 1. The zero-order valence-corrected chi connectivity index (χ0v) is 15.4. The van der Waals surface area contributed by atoms with Crippen molar-refractivity contribution in [2.75, 3.05) is 13.1 Å². The van der Waals surface area contributed by atoms with Crippen LogP contribution in [0, 0.1) is 6.92 Å². The van der Waals surface area contributed by atoms with Crippen molar-refractivity contribution in [3.05, 3.63) is 39.2 Å². The zero-order chi connectivity index (χ0) is 18.4. The number of rotatable bonds is 3. The van der Waals surface area contributed by atoms with E-state index in [0.717, 1.165) is 37.0 Å². The molecule has 0 spiro atoms. The molecule has 1 amide bonds. The first-order valence-corrected chi connectivity index (χ1v) is 9.58. The van der Waals surface area contributed by atoms with Crippen LogP contribution in [0.3, 0.4) is 0 Å². The van der Waals surface area contributed by atoms with Crippen molar-refractivity contribution in [2.24, 2.45) is 0 Å². The van der Waals surface area contributed by atoms with E-state index in [-0.39, 0.29) is 23.0 Å². The van der Waals surface area contributed by atoms with Crippen molar-refractivity contribution in [2.45, 2.75) is 57.8 Å². The number of carbonyl (C=O) groups is 1. The van der Waals surface area contributed by atoms with E-state index in [9.17, 15) is 14.7 Å². The van der Waals surface area contributed by atoms with Crippen LogP contribution < -0.4 is 5.43 Å². The molecule has 1 aliphatic carbocycles. The van der Waals surface area contributed by atoms with Crippen molar-refractivity contribution in [3.8, 4) is 5.75 Å². The zero-order valence-electron chi connectivity index (χ0n) is 15.4. The first kappa shape index (κ1) is 17.1. The summed E-state index contributed by atoms with van der Waals surface area (Å²) in [7, 11) is 0. The fourth-order valence-corrected chi connectivity index (χ4v) is 4.15. The average Bonchev–Trinajstić information content (AvgIpc) is 3.49. The van der Waals surface area contributed by atoms with Crippen molar-refractivity contribution in [3.63, 3.8) is 0 Å². The molecule has 1 saturated heterocycles. The van der Waals surface area contributed by atoms with Crippen LogP contribution in [0.1, 0.15) is 67.8 Å². The highest BCUT2D eigenvalue weighted by molar-refractivity contribution is 5.84. The van der Waals surface area contributed by atoms with Crippen molar-refractivity contribution in [1.29, 1.82) is 0 Å². The third kappa shape index (κ3) is 2.79. The maximum atomic E-state index is 12.9. The maximum Gasteiger partial charge on any atom is 0.222 e. The van der Waals surface area contributed by atoms with Crippen molar-refractivity contribution >= 4 is 16.9 Å². The summed E-state index contributed by atoms with van der Waals surface area (Å²) < 4.78 is 6.28. The number of nitrogens with zero attached hydrogens (tertiary/aromatic N) is 1. The molecule has 1 aromatic carbocycles. The predicted molar refractivity (Wildman–Crippen MR) is 99.7 cm³/mol. The number of fused-ring (bicyclic) bond motifs is 1. The van der Waals surface area contributed by atoms with Crippen LogP contribution >= 0.6 is 0 Å². The summed E-state index contributed by atoms with van der Waals surface area (Å²) >= 11 is 0. The van der Waals surface area contributed by atoms with E-state index in [4.69, 9.17) is 4.42 Å². The van der Waals surface area contributed by atoms with Gasteiger partial charge in [-0.05, 0) is 50.7 Å². The summed E-state index contributed by atoms with van der Waals surface area (Å²) in [5.74, 6) is 1.57. The molecule has 0 unspecified atom stereocenters. The molecule has 5 heteroatoms. The Kier molecular flexibility index (Phi) is 4.25. The number of benzene rings is 1. The quantitative estimate of drug-likeness (QED) is 0.909. The van der Waals surface area contributed by atoms with E-state index in [1.807, 2.05) is 18.7 Å². The van der Waals surface area contributed by atoms with E-state index in [1.54, 1.807) is 12.1 Å². The lowest BCUT2D eigenvalue weighted by atomic mass is 9.90. The van der Waals surface area contributed by atoms with Gasteiger partial charge >= 0.3 is 0 Å². The molecule has 2 fully saturated rings. The van der Waals surface area contributed by atoms with Gasteiger partial charge in [0.1, 0.15) is 17.1 Å². The molecule has 0 radical (unpaired) electrons. The Morgan fingerprint density at radius 1 is 1.19 bits per heavy atom. The number of phenolic OH excluding ortho intramolecular Hbond substituents is 1. The molecule has 2 aliphatic rings. The van der Waals surface area contributed by atoms with Gasteiger partial charge in [0.2, 0.25) is 5.91 Å². The van der Waals surface area contributed by atoms with Crippen LogP contribution in [0.4, 0.5) is 0 Å². The molecule has 26 heavy (non-hydrogen) atoms. The monoisotopic (exact) mass is 355 g/mol. The minimum absolute atomic E-state index is 0.00443. The Bertz CT molecular complexity index is 918. The summed E-state index contributed by atoms with van der Waals surface area (Å²) in [6.45, 7) is 5.11. The second-order valence-electron chi connectivity index (χ2n) is 7.58. The lowest BCUT2D eigenvalue weighted by molar-refractivity contribution is -0.131. The minimum atomic E-state index is -0.00443. The molecule has 1 aliphatic heterocycles. The third-order valence-corrected chi connectivity index (χ3v) is 5.85. The number of piperidine rings is 1. The average molecular weight is 355 g/mol. The van der Waals surface area contributed by atoms with Crippen molar-refractivity contribution in [1.82, 2.24) is 4.90 Å². The van der Waals surface area contributed by atoms with Crippen LogP contribution in [-0.4, -0.2) is 29.0 Å².